The lowest BCUT2D eigenvalue weighted by atomic mass is 10.1. The van der Waals surface area contributed by atoms with E-state index < -0.39 is 11.7 Å². The fraction of sp³-hybridized carbons (Fsp3) is 0.0526. The van der Waals surface area contributed by atoms with Gasteiger partial charge in [-0.25, -0.2) is 9.50 Å². The summed E-state index contributed by atoms with van der Waals surface area (Å²) in [7, 11) is 0. The minimum Gasteiger partial charge on any atom is -0.337 e. The van der Waals surface area contributed by atoms with E-state index in [2.05, 4.69) is 31.3 Å². The molecule has 0 aliphatic rings. The van der Waals surface area contributed by atoms with Crippen LogP contribution in [0.4, 0.5) is 24.7 Å². The third kappa shape index (κ3) is 3.12. The largest absolute Gasteiger partial charge is 0.416 e. The normalized spacial score (nSPS) is 11.5. The first kappa shape index (κ1) is 18.1. The van der Waals surface area contributed by atoms with Crippen LogP contribution in [0.15, 0.2) is 59.2 Å². The van der Waals surface area contributed by atoms with Gasteiger partial charge in [0.25, 0.3) is 0 Å². The number of benzene rings is 2. The summed E-state index contributed by atoms with van der Waals surface area (Å²) >= 11 is 3.44. The van der Waals surface area contributed by atoms with Crippen molar-refractivity contribution < 1.29 is 13.2 Å². The van der Waals surface area contributed by atoms with Crippen molar-refractivity contribution in [1.29, 1.82) is 5.26 Å². The van der Waals surface area contributed by atoms with Gasteiger partial charge < -0.3 is 5.32 Å². The lowest BCUT2D eigenvalue weighted by Crippen LogP contribution is -2.05. The lowest BCUT2D eigenvalue weighted by Gasteiger charge is -2.11. The number of imidazole rings is 1. The number of aromatic amines is 1. The van der Waals surface area contributed by atoms with E-state index in [0.29, 0.717) is 22.8 Å². The monoisotopic (exact) mass is 445 g/mol. The van der Waals surface area contributed by atoms with Crippen molar-refractivity contribution in [3.05, 3.63) is 70.3 Å². The Morgan fingerprint density at radius 3 is 2.64 bits per heavy atom. The molecule has 0 radical (unpaired) electrons. The van der Waals surface area contributed by atoms with Crippen LogP contribution in [0, 0.1) is 11.3 Å². The van der Waals surface area contributed by atoms with E-state index in [1.54, 1.807) is 6.07 Å². The number of alkyl halides is 3. The first-order valence-electron chi connectivity index (χ1n) is 8.07. The molecule has 0 amide bonds. The topological polar surface area (TPSA) is 68.9 Å². The molecule has 0 unspecified atom stereocenters. The maximum Gasteiger partial charge on any atom is 0.416 e. The quantitative estimate of drug-likeness (QED) is 0.423. The Kier molecular flexibility index (Phi) is 4.35. The van der Waals surface area contributed by atoms with Crippen LogP contribution in [0.25, 0.3) is 16.9 Å². The molecule has 4 rings (SSSR count). The second-order valence-corrected chi connectivity index (χ2v) is 6.80. The molecule has 0 aliphatic heterocycles. The van der Waals surface area contributed by atoms with Crippen molar-refractivity contribution in [1.82, 2.24) is 14.6 Å². The molecule has 2 N–H and O–H groups in total. The summed E-state index contributed by atoms with van der Waals surface area (Å²) in [6.45, 7) is 0. The van der Waals surface area contributed by atoms with Crippen LogP contribution in [-0.2, 0) is 6.18 Å². The highest BCUT2D eigenvalue weighted by Gasteiger charge is 2.31. The molecule has 0 atom stereocenters. The molecule has 0 spiro atoms. The SMILES string of the molecule is N#Cc1c[nH]n2c(Nc3ccccc3Br)c(-c3cccc(C(F)(F)F)c3)nc12. The van der Waals surface area contributed by atoms with Gasteiger partial charge in [0.1, 0.15) is 17.3 Å². The Labute approximate surface area is 165 Å². The molecule has 0 fully saturated rings. The smallest absolute Gasteiger partial charge is 0.337 e. The molecule has 4 aromatic rings. The van der Waals surface area contributed by atoms with Gasteiger partial charge in [0, 0.05) is 16.2 Å². The van der Waals surface area contributed by atoms with Crippen LogP contribution >= 0.6 is 15.9 Å². The maximum atomic E-state index is 13.2. The average Bonchev–Trinajstić information content (AvgIpc) is 3.23. The number of H-pyrrole nitrogens is 1. The Hall–Kier alpha value is -3.25. The summed E-state index contributed by atoms with van der Waals surface area (Å²) in [5, 5.41) is 15.4. The standard InChI is InChI=1S/C19H11BrF3N5/c20-14-6-1-2-7-15(14)26-18-16(27-17-12(9-24)10-25-28(17)18)11-4-3-5-13(8-11)19(21,22)23/h1-8,10,25-26H. The van der Waals surface area contributed by atoms with Gasteiger partial charge in [-0.15, -0.1) is 0 Å². The van der Waals surface area contributed by atoms with Crippen LogP contribution in [-0.4, -0.2) is 14.6 Å². The van der Waals surface area contributed by atoms with Crippen LogP contribution in [0.2, 0.25) is 0 Å². The second kappa shape index (κ2) is 6.73. The molecule has 9 heteroatoms. The van der Waals surface area contributed by atoms with E-state index in [1.807, 2.05) is 30.3 Å². The number of nitriles is 1. The van der Waals surface area contributed by atoms with Crippen molar-refractivity contribution in [2.75, 3.05) is 5.32 Å². The summed E-state index contributed by atoms with van der Waals surface area (Å²) in [5.41, 5.74) is 1.12. The molecule has 2 aromatic heterocycles. The first-order valence-corrected chi connectivity index (χ1v) is 8.87. The van der Waals surface area contributed by atoms with Crippen molar-refractivity contribution in [2.24, 2.45) is 0 Å². The maximum absolute atomic E-state index is 13.2. The fourth-order valence-corrected chi connectivity index (χ4v) is 3.24. The Bertz CT molecular complexity index is 1220. The molecule has 2 aromatic carbocycles. The zero-order valence-electron chi connectivity index (χ0n) is 14.0. The van der Waals surface area contributed by atoms with Gasteiger partial charge in [-0.1, -0.05) is 24.3 Å². The molecule has 0 saturated heterocycles. The van der Waals surface area contributed by atoms with Gasteiger partial charge >= 0.3 is 6.18 Å². The summed E-state index contributed by atoms with van der Waals surface area (Å²) in [4.78, 5) is 4.43. The van der Waals surface area contributed by atoms with Gasteiger partial charge in [0.2, 0.25) is 0 Å². The molecule has 140 valence electrons. The van der Waals surface area contributed by atoms with E-state index in [-0.39, 0.29) is 11.1 Å². The van der Waals surface area contributed by atoms with E-state index in [0.717, 1.165) is 16.6 Å². The summed E-state index contributed by atoms with van der Waals surface area (Å²) < 4.78 is 41.8. The highest BCUT2D eigenvalue weighted by molar-refractivity contribution is 9.10. The van der Waals surface area contributed by atoms with E-state index in [9.17, 15) is 18.4 Å². The summed E-state index contributed by atoms with van der Waals surface area (Å²) in [6, 6.07) is 14.3. The van der Waals surface area contributed by atoms with E-state index in [4.69, 9.17) is 0 Å². The zero-order chi connectivity index (χ0) is 19.9. The van der Waals surface area contributed by atoms with Crippen LogP contribution in [0.1, 0.15) is 11.1 Å². The van der Waals surface area contributed by atoms with E-state index in [1.165, 1.54) is 16.8 Å². The number of anilines is 2. The molecule has 0 saturated carbocycles. The number of halogens is 4. The molecule has 5 nitrogen and oxygen atoms in total. The molecular formula is C19H11BrF3N5. The van der Waals surface area contributed by atoms with Gasteiger partial charge in [-0.2, -0.15) is 18.4 Å². The van der Waals surface area contributed by atoms with Crippen LogP contribution < -0.4 is 5.32 Å². The number of nitrogens with one attached hydrogen (secondary N) is 2. The van der Waals surface area contributed by atoms with Gasteiger partial charge in [-0.3, -0.25) is 5.10 Å². The highest BCUT2D eigenvalue weighted by atomic mass is 79.9. The highest BCUT2D eigenvalue weighted by Crippen LogP contribution is 2.37. The molecule has 2 heterocycles. The Morgan fingerprint density at radius 2 is 1.93 bits per heavy atom. The number of rotatable bonds is 3. The summed E-state index contributed by atoms with van der Waals surface area (Å²) in [5.74, 6) is 0.419. The third-order valence-electron chi connectivity index (χ3n) is 4.17. The molecule has 28 heavy (non-hydrogen) atoms. The Balaban J connectivity index is 1.92. The number of nitrogens with zero attached hydrogens (tertiary/aromatic N) is 3. The van der Waals surface area contributed by atoms with Crippen LogP contribution in [0.3, 0.4) is 0 Å². The number of para-hydroxylation sites is 1. The van der Waals surface area contributed by atoms with Gasteiger partial charge in [0.05, 0.1) is 11.3 Å². The molecule has 0 bridgehead atoms. The average molecular weight is 446 g/mol. The van der Waals surface area contributed by atoms with Gasteiger partial charge in [0.15, 0.2) is 11.5 Å². The third-order valence-corrected chi connectivity index (χ3v) is 4.86. The van der Waals surface area contributed by atoms with Crippen molar-refractivity contribution in [2.45, 2.75) is 6.18 Å². The number of hydrogen-bond acceptors (Lipinski definition) is 3. The van der Waals surface area contributed by atoms with Crippen LogP contribution in [0.5, 0.6) is 0 Å². The first-order chi connectivity index (χ1) is 13.4. The molecular weight excluding hydrogens is 435 g/mol. The summed E-state index contributed by atoms with van der Waals surface area (Å²) in [6.07, 6.45) is -2.98. The minimum absolute atomic E-state index is 0.283. The van der Waals surface area contributed by atoms with Crippen molar-refractivity contribution in [3.8, 4) is 17.3 Å². The fourth-order valence-electron chi connectivity index (χ4n) is 2.85. The molecule has 0 aliphatic carbocycles. The number of aromatic nitrogens is 3. The predicted molar refractivity (Wildman–Crippen MR) is 102 cm³/mol. The second-order valence-electron chi connectivity index (χ2n) is 5.95. The Morgan fingerprint density at radius 1 is 1.14 bits per heavy atom. The predicted octanol–water partition coefficient (Wildman–Crippen LogP) is 5.73. The minimum atomic E-state index is -4.47. The number of fused-ring (bicyclic) bond motifs is 1. The number of hydrogen-bond donors (Lipinski definition) is 2. The van der Waals surface area contributed by atoms with Gasteiger partial charge in [-0.05, 0) is 40.2 Å². The van der Waals surface area contributed by atoms with Crippen molar-refractivity contribution >= 4 is 33.1 Å². The van der Waals surface area contributed by atoms with Crippen molar-refractivity contribution in [3.63, 3.8) is 0 Å². The van der Waals surface area contributed by atoms with E-state index >= 15 is 0 Å². The lowest BCUT2D eigenvalue weighted by molar-refractivity contribution is -0.137. The zero-order valence-corrected chi connectivity index (χ0v) is 15.6.